The Morgan fingerprint density at radius 2 is 2.00 bits per heavy atom. The standard InChI is InChI=1S/C18H27NO2/c1-4-15-5-7-16(8-6-15)13(2)11-18(21)19-10-9-17(12-19)14(3)20/h5-8,13-14,17,20H,4,9-12H2,1-3H3. The molecule has 1 fully saturated rings. The van der Waals surface area contributed by atoms with E-state index in [0.717, 1.165) is 19.4 Å². The molecule has 0 aliphatic carbocycles. The molecule has 0 spiro atoms. The topological polar surface area (TPSA) is 40.5 Å². The van der Waals surface area contributed by atoms with Crippen molar-refractivity contribution >= 4 is 5.91 Å². The fourth-order valence-electron chi connectivity index (χ4n) is 3.00. The summed E-state index contributed by atoms with van der Waals surface area (Å²) in [4.78, 5) is 14.3. The zero-order valence-corrected chi connectivity index (χ0v) is 13.4. The molecule has 0 aromatic heterocycles. The number of aliphatic hydroxyl groups is 1. The third-order valence-electron chi connectivity index (χ3n) is 4.70. The highest BCUT2D eigenvalue weighted by atomic mass is 16.3. The molecule has 0 bridgehead atoms. The molecule has 3 nitrogen and oxygen atoms in total. The highest BCUT2D eigenvalue weighted by Gasteiger charge is 2.29. The van der Waals surface area contributed by atoms with Gasteiger partial charge >= 0.3 is 0 Å². The summed E-state index contributed by atoms with van der Waals surface area (Å²) in [5.74, 6) is 0.701. The molecule has 1 aliphatic rings. The Kier molecular flexibility index (Phi) is 5.40. The van der Waals surface area contributed by atoms with Crippen LogP contribution in [0.25, 0.3) is 0 Å². The molecule has 1 amide bonds. The quantitative estimate of drug-likeness (QED) is 0.905. The van der Waals surface area contributed by atoms with Crippen molar-refractivity contribution in [3.05, 3.63) is 35.4 Å². The van der Waals surface area contributed by atoms with Gasteiger partial charge in [0.15, 0.2) is 0 Å². The van der Waals surface area contributed by atoms with Gasteiger partial charge in [-0.25, -0.2) is 0 Å². The minimum absolute atomic E-state index is 0.213. The molecular formula is C18H27NO2. The van der Waals surface area contributed by atoms with E-state index in [4.69, 9.17) is 0 Å². The maximum absolute atomic E-state index is 12.4. The second-order valence-corrected chi connectivity index (χ2v) is 6.33. The number of benzene rings is 1. The molecule has 1 aliphatic heterocycles. The zero-order chi connectivity index (χ0) is 15.4. The van der Waals surface area contributed by atoms with Gasteiger partial charge in [0.2, 0.25) is 5.91 Å². The fourth-order valence-corrected chi connectivity index (χ4v) is 3.00. The second kappa shape index (κ2) is 7.08. The fraction of sp³-hybridized carbons (Fsp3) is 0.611. The Labute approximate surface area is 128 Å². The smallest absolute Gasteiger partial charge is 0.223 e. The molecule has 3 atom stereocenters. The van der Waals surface area contributed by atoms with Crippen molar-refractivity contribution in [2.24, 2.45) is 5.92 Å². The van der Waals surface area contributed by atoms with Crippen LogP contribution in [0, 0.1) is 5.92 Å². The minimum Gasteiger partial charge on any atom is -0.393 e. The van der Waals surface area contributed by atoms with Crippen molar-refractivity contribution < 1.29 is 9.90 Å². The zero-order valence-electron chi connectivity index (χ0n) is 13.4. The molecule has 1 aromatic carbocycles. The van der Waals surface area contributed by atoms with Crippen LogP contribution in [0.2, 0.25) is 0 Å². The predicted octanol–water partition coefficient (Wildman–Crippen LogP) is 2.97. The Hall–Kier alpha value is -1.35. The normalized spacial score (nSPS) is 21.3. The number of aliphatic hydroxyl groups excluding tert-OH is 1. The van der Waals surface area contributed by atoms with Crippen molar-refractivity contribution in [1.29, 1.82) is 0 Å². The Morgan fingerprint density at radius 1 is 1.33 bits per heavy atom. The first-order valence-corrected chi connectivity index (χ1v) is 8.06. The van der Waals surface area contributed by atoms with Crippen LogP contribution < -0.4 is 0 Å². The Bertz CT molecular complexity index is 467. The number of rotatable bonds is 5. The Balaban J connectivity index is 1.90. The maximum Gasteiger partial charge on any atom is 0.223 e. The predicted molar refractivity (Wildman–Crippen MR) is 85.2 cm³/mol. The van der Waals surface area contributed by atoms with Crippen LogP contribution >= 0.6 is 0 Å². The third-order valence-corrected chi connectivity index (χ3v) is 4.70. The number of aryl methyl sites for hydroxylation is 1. The summed E-state index contributed by atoms with van der Waals surface area (Å²) in [7, 11) is 0. The molecule has 3 unspecified atom stereocenters. The summed E-state index contributed by atoms with van der Waals surface area (Å²) in [6.07, 6.45) is 2.20. The summed E-state index contributed by atoms with van der Waals surface area (Å²) >= 11 is 0. The van der Waals surface area contributed by atoms with Crippen LogP contribution in [0.3, 0.4) is 0 Å². The first kappa shape index (κ1) is 16.0. The van der Waals surface area contributed by atoms with Crippen LogP contribution in [-0.2, 0) is 11.2 Å². The van der Waals surface area contributed by atoms with Crippen molar-refractivity contribution in [2.45, 2.75) is 52.1 Å². The van der Waals surface area contributed by atoms with Crippen molar-refractivity contribution in [3.63, 3.8) is 0 Å². The number of amides is 1. The average Bonchev–Trinajstić information content (AvgIpc) is 2.97. The molecule has 1 aromatic rings. The molecule has 3 heteroatoms. The van der Waals surface area contributed by atoms with Gasteiger partial charge in [-0.2, -0.15) is 0 Å². The third kappa shape index (κ3) is 4.07. The summed E-state index contributed by atoms with van der Waals surface area (Å²) in [6, 6.07) is 8.57. The number of hydrogen-bond donors (Lipinski definition) is 1. The molecular weight excluding hydrogens is 262 g/mol. The molecule has 1 N–H and O–H groups in total. The summed E-state index contributed by atoms with van der Waals surface area (Å²) in [6.45, 7) is 7.57. The number of carbonyl (C=O) groups is 1. The molecule has 0 radical (unpaired) electrons. The highest BCUT2D eigenvalue weighted by Crippen LogP contribution is 2.24. The molecule has 21 heavy (non-hydrogen) atoms. The average molecular weight is 289 g/mol. The summed E-state index contributed by atoms with van der Waals surface area (Å²) in [5, 5.41) is 9.62. The minimum atomic E-state index is -0.318. The highest BCUT2D eigenvalue weighted by molar-refractivity contribution is 5.77. The largest absolute Gasteiger partial charge is 0.393 e. The summed E-state index contributed by atoms with van der Waals surface area (Å²) in [5.41, 5.74) is 2.56. The second-order valence-electron chi connectivity index (χ2n) is 6.33. The van der Waals surface area contributed by atoms with Crippen LogP contribution in [0.1, 0.15) is 50.7 Å². The van der Waals surface area contributed by atoms with Gasteiger partial charge in [0, 0.05) is 25.4 Å². The lowest BCUT2D eigenvalue weighted by atomic mass is 9.96. The van der Waals surface area contributed by atoms with E-state index in [1.54, 1.807) is 0 Å². The molecule has 0 saturated carbocycles. The summed E-state index contributed by atoms with van der Waals surface area (Å²) < 4.78 is 0. The number of likely N-dealkylation sites (tertiary alicyclic amines) is 1. The van der Waals surface area contributed by atoms with E-state index in [-0.39, 0.29) is 23.8 Å². The van der Waals surface area contributed by atoms with E-state index in [1.165, 1.54) is 11.1 Å². The van der Waals surface area contributed by atoms with Crippen LogP contribution in [0.15, 0.2) is 24.3 Å². The molecule has 1 saturated heterocycles. The van der Waals surface area contributed by atoms with Gasteiger partial charge in [0.25, 0.3) is 0 Å². The van der Waals surface area contributed by atoms with Gasteiger partial charge < -0.3 is 10.0 Å². The van der Waals surface area contributed by atoms with Gasteiger partial charge in [-0.15, -0.1) is 0 Å². The van der Waals surface area contributed by atoms with E-state index >= 15 is 0 Å². The van der Waals surface area contributed by atoms with E-state index in [1.807, 2.05) is 11.8 Å². The van der Waals surface area contributed by atoms with Crippen molar-refractivity contribution in [3.8, 4) is 0 Å². The van der Waals surface area contributed by atoms with Crippen LogP contribution in [0.4, 0.5) is 0 Å². The number of carbonyl (C=O) groups excluding carboxylic acids is 1. The lowest BCUT2D eigenvalue weighted by Crippen LogP contribution is -2.31. The SMILES string of the molecule is CCc1ccc(C(C)CC(=O)N2CCC(C(C)O)C2)cc1. The lowest BCUT2D eigenvalue weighted by Gasteiger charge is -2.20. The van der Waals surface area contributed by atoms with E-state index < -0.39 is 0 Å². The van der Waals surface area contributed by atoms with Crippen LogP contribution in [-0.4, -0.2) is 35.1 Å². The monoisotopic (exact) mass is 289 g/mol. The van der Waals surface area contributed by atoms with Crippen molar-refractivity contribution in [2.75, 3.05) is 13.1 Å². The first-order chi connectivity index (χ1) is 10.0. The van der Waals surface area contributed by atoms with Gasteiger partial charge in [-0.3, -0.25) is 4.79 Å². The number of nitrogens with zero attached hydrogens (tertiary/aromatic N) is 1. The van der Waals surface area contributed by atoms with Gasteiger partial charge in [-0.1, -0.05) is 38.1 Å². The van der Waals surface area contributed by atoms with Gasteiger partial charge in [0.05, 0.1) is 6.10 Å². The van der Waals surface area contributed by atoms with E-state index in [9.17, 15) is 9.90 Å². The molecule has 116 valence electrons. The van der Waals surface area contributed by atoms with Gasteiger partial charge in [0.1, 0.15) is 0 Å². The molecule has 1 heterocycles. The van der Waals surface area contributed by atoms with E-state index in [0.29, 0.717) is 13.0 Å². The maximum atomic E-state index is 12.4. The first-order valence-electron chi connectivity index (χ1n) is 8.06. The van der Waals surface area contributed by atoms with Gasteiger partial charge in [-0.05, 0) is 36.8 Å². The lowest BCUT2D eigenvalue weighted by molar-refractivity contribution is -0.130. The van der Waals surface area contributed by atoms with E-state index in [2.05, 4.69) is 38.1 Å². The van der Waals surface area contributed by atoms with Crippen molar-refractivity contribution in [1.82, 2.24) is 4.90 Å². The Morgan fingerprint density at radius 3 is 2.52 bits per heavy atom. The molecule has 2 rings (SSSR count). The van der Waals surface area contributed by atoms with Crippen LogP contribution in [0.5, 0.6) is 0 Å². The number of hydrogen-bond acceptors (Lipinski definition) is 2.